The van der Waals surface area contributed by atoms with Gasteiger partial charge in [-0.15, -0.1) is 12.4 Å². The average Bonchev–Trinajstić information content (AvgIpc) is 3.29. The molecule has 2 atom stereocenters. The van der Waals surface area contributed by atoms with Crippen molar-refractivity contribution in [2.75, 3.05) is 13.1 Å². The van der Waals surface area contributed by atoms with Crippen molar-refractivity contribution in [1.82, 2.24) is 10.6 Å². The summed E-state index contributed by atoms with van der Waals surface area (Å²) in [6.07, 6.45) is 0. The predicted octanol–water partition coefficient (Wildman–Crippen LogP) is 3.16. The molecule has 0 radical (unpaired) electrons. The quantitative estimate of drug-likeness (QED) is 0.832. The Kier molecular flexibility index (Phi) is 6.01. The number of aliphatic imine (C=N–C) groups is 2. The lowest BCUT2D eigenvalue weighted by Gasteiger charge is -2.10. The number of rotatable bonds is 5. The molecule has 27 heavy (non-hydrogen) atoms. The van der Waals surface area contributed by atoms with E-state index < -0.39 is 0 Å². The van der Waals surface area contributed by atoms with Crippen LogP contribution in [-0.2, 0) is 6.61 Å². The van der Waals surface area contributed by atoms with Crippen LogP contribution in [0.2, 0.25) is 0 Å². The Morgan fingerprint density at radius 2 is 1.30 bits per heavy atom. The molecular weight excluding hydrogens is 360 g/mol. The van der Waals surface area contributed by atoms with Crippen molar-refractivity contribution >= 4 is 24.1 Å². The Labute approximate surface area is 166 Å². The van der Waals surface area contributed by atoms with Gasteiger partial charge in [-0.1, -0.05) is 24.3 Å². The van der Waals surface area contributed by atoms with Gasteiger partial charge in [0.05, 0.1) is 13.1 Å². The van der Waals surface area contributed by atoms with Crippen LogP contribution in [0, 0.1) is 0 Å². The van der Waals surface area contributed by atoms with Crippen LogP contribution in [0.5, 0.6) is 5.75 Å². The Morgan fingerprint density at radius 1 is 0.815 bits per heavy atom. The van der Waals surface area contributed by atoms with E-state index in [1.54, 1.807) is 0 Å². The molecule has 142 valence electrons. The highest BCUT2D eigenvalue weighted by molar-refractivity contribution is 6.00. The second kappa shape index (κ2) is 8.44. The van der Waals surface area contributed by atoms with Crippen LogP contribution in [-0.4, -0.2) is 36.8 Å². The lowest BCUT2D eigenvalue weighted by Crippen LogP contribution is -2.27. The molecular formula is C21H25ClN4O. The zero-order valence-electron chi connectivity index (χ0n) is 15.6. The molecule has 0 bridgehead atoms. The summed E-state index contributed by atoms with van der Waals surface area (Å²) in [5.74, 6) is 2.82. The maximum atomic E-state index is 5.91. The highest BCUT2D eigenvalue weighted by atomic mass is 35.5. The van der Waals surface area contributed by atoms with Crippen molar-refractivity contribution in [3.63, 3.8) is 0 Å². The lowest BCUT2D eigenvalue weighted by atomic mass is 10.1. The summed E-state index contributed by atoms with van der Waals surface area (Å²) in [6.45, 7) is 6.50. The smallest absolute Gasteiger partial charge is 0.128 e. The van der Waals surface area contributed by atoms with Gasteiger partial charge in [-0.05, 0) is 43.7 Å². The molecule has 0 amide bonds. The predicted molar refractivity (Wildman–Crippen MR) is 112 cm³/mol. The van der Waals surface area contributed by atoms with Gasteiger partial charge in [-0.3, -0.25) is 9.98 Å². The van der Waals surface area contributed by atoms with Crippen LogP contribution in [0.15, 0.2) is 58.5 Å². The van der Waals surface area contributed by atoms with E-state index in [4.69, 9.17) is 4.74 Å². The molecule has 2 aliphatic heterocycles. The topological polar surface area (TPSA) is 58.0 Å². The van der Waals surface area contributed by atoms with E-state index in [1.165, 1.54) is 0 Å². The van der Waals surface area contributed by atoms with Gasteiger partial charge in [0.25, 0.3) is 0 Å². The van der Waals surface area contributed by atoms with Gasteiger partial charge in [-0.25, -0.2) is 0 Å². The number of hydrogen-bond acceptors (Lipinski definition) is 5. The van der Waals surface area contributed by atoms with Crippen LogP contribution in [0.25, 0.3) is 0 Å². The van der Waals surface area contributed by atoms with E-state index in [1.807, 2.05) is 24.3 Å². The molecule has 0 aliphatic carbocycles. The van der Waals surface area contributed by atoms with Crippen LogP contribution < -0.4 is 15.4 Å². The number of halogens is 1. The van der Waals surface area contributed by atoms with Crippen molar-refractivity contribution in [2.45, 2.75) is 32.5 Å². The van der Waals surface area contributed by atoms with Gasteiger partial charge < -0.3 is 15.4 Å². The molecule has 0 spiro atoms. The summed E-state index contributed by atoms with van der Waals surface area (Å²) in [6, 6.07) is 17.3. The first-order valence-corrected chi connectivity index (χ1v) is 9.12. The fourth-order valence-electron chi connectivity index (χ4n) is 3.09. The third kappa shape index (κ3) is 4.61. The largest absolute Gasteiger partial charge is 0.489 e. The third-order valence-corrected chi connectivity index (χ3v) is 4.57. The molecule has 0 aromatic heterocycles. The van der Waals surface area contributed by atoms with Gasteiger partial charge in [0.1, 0.15) is 24.0 Å². The van der Waals surface area contributed by atoms with Crippen LogP contribution in [0.3, 0.4) is 0 Å². The molecule has 6 heteroatoms. The molecule has 2 unspecified atom stereocenters. The summed E-state index contributed by atoms with van der Waals surface area (Å²) < 4.78 is 5.91. The fraction of sp³-hybridized carbons (Fsp3) is 0.333. The van der Waals surface area contributed by atoms with Crippen LogP contribution in [0.4, 0.5) is 0 Å². The highest BCUT2D eigenvalue weighted by Crippen LogP contribution is 2.16. The first-order valence-electron chi connectivity index (χ1n) is 9.12. The second-order valence-electron chi connectivity index (χ2n) is 6.98. The molecule has 0 saturated carbocycles. The molecule has 0 fully saturated rings. The van der Waals surface area contributed by atoms with Crippen molar-refractivity contribution in [1.29, 1.82) is 0 Å². The van der Waals surface area contributed by atoms with Crippen molar-refractivity contribution in [2.24, 2.45) is 9.98 Å². The SMILES string of the molecule is CC1CN=C(c2ccc(COc3ccc(C4=NCC(C)N4)cc3)cc2)N1.Cl. The number of benzene rings is 2. The molecule has 2 aromatic rings. The van der Waals surface area contributed by atoms with Crippen LogP contribution >= 0.6 is 12.4 Å². The second-order valence-corrected chi connectivity index (χ2v) is 6.98. The van der Waals surface area contributed by atoms with E-state index >= 15 is 0 Å². The van der Waals surface area contributed by atoms with E-state index in [2.05, 4.69) is 58.7 Å². The monoisotopic (exact) mass is 384 g/mol. The van der Waals surface area contributed by atoms with Crippen molar-refractivity contribution in [3.8, 4) is 5.75 Å². The summed E-state index contributed by atoms with van der Waals surface area (Å²) in [5.41, 5.74) is 3.37. The molecule has 4 rings (SSSR count). The highest BCUT2D eigenvalue weighted by Gasteiger charge is 2.15. The Morgan fingerprint density at radius 3 is 1.74 bits per heavy atom. The Balaban J connectivity index is 0.00000210. The minimum atomic E-state index is 0. The minimum absolute atomic E-state index is 0. The normalized spacial score (nSPS) is 20.8. The van der Waals surface area contributed by atoms with Gasteiger partial charge >= 0.3 is 0 Å². The number of ether oxygens (including phenoxy) is 1. The van der Waals surface area contributed by atoms with E-state index in [0.717, 1.165) is 47.2 Å². The third-order valence-electron chi connectivity index (χ3n) is 4.57. The van der Waals surface area contributed by atoms with Crippen molar-refractivity contribution in [3.05, 3.63) is 65.2 Å². The maximum Gasteiger partial charge on any atom is 0.128 e. The van der Waals surface area contributed by atoms with Gasteiger partial charge in [0, 0.05) is 23.2 Å². The maximum absolute atomic E-state index is 5.91. The number of amidine groups is 2. The fourth-order valence-corrected chi connectivity index (χ4v) is 3.09. The van der Waals surface area contributed by atoms with Crippen molar-refractivity contribution < 1.29 is 4.74 Å². The molecule has 2 aliphatic rings. The summed E-state index contributed by atoms with van der Waals surface area (Å²) in [4.78, 5) is 9.02. The summed E-state index contributed by atoms with van der Waals surface area (Å²) in [5, 5.41) is 6.76. The molecule has 2 heterocycles. The summed E-state index contributed by atoms with van der Waals surface area (Å²) >= 11 is 0. The van der Waals surface area contributed by atoms with Gasteiger partial charge in [-0.2, -0.15) is 0 Å². The van der Waals surface area contributed by atoms with E-state index in [-0.39, 0.29) is 12.4 Å². The zero-order valence-corrected chi connectivity index (χ0v) is 16.4. The average molecular weight is 385 g/mol. The first kappa shape index (κ1) is 19.2. The molecule has 5 nitrogen and oxygen atoms in total. The van der Waals surface area contributed by atoms with Crippen LogP contribution in [0.1, 0.15) is 30.5 Å². The minimum Gasteiger partial charge on any atom is -0.489 e. The molecule has 0 saturated heterocycles. The van der Waals surface area contributed by atoms with Gasteiger partial charge in [0.15, 0.2) is 0 Å². The Hall–Kier alpha value is -2.53. The van der Waals surface area contributed by atoms with Gasteiger partial charge in [0.2, 0.25) is 0 Å². The number of nitrogens with one attached hydrogen (secondary N) is 2. The molecule has 2 N–H and O–H groups in total. The summed E-state index contributed by atoms with van der Waals surface area (Å²) in [7, 11) is 0. The number of hydrogen-bond donors (Lipinski definition) is 2. The first-order chi connectivity index (χ1) is 12.7. The Bertz CT molecular complexity index is 759. The zero-order chi connectivity index (χ0) is 17.9. The van der Waals surface area contributed by atoms with E-state index in [0.29, 0.717) is 18.7 Å². The lowest BCUT2D eigenvalue weighted by molar-refractivity contribution is 0.306. The standard InChI is InChI=1S/C21H24N4O.ClH/c1-14-11-22-20(24-14)17-5-3-16(4-6-17)13-26-19-9-7-18(8-10-19)21-23-12-15(2)25-21;/h3-10,14-15H,11-13H2,1-2H3,(H,22,24)(H,23,25);1H. The van der Waals surface area contributed by atoms with E-state index in [9.17, 15) is 0 Å². The molecule has 2 aromatic carbocycles. The number of nitrogens with zero attached hydrogens (tertiary/aromatic N) is 2.